The third-order valence-electron chi connectivity index (χ3n) is 14.7. The van der Waals surface area contributed by atoms with Crippen molar-refractivity contribution < 1.29 is 73.6 Å². The highest BCUT2D eigenvalue weighted by atomic mass is 19.4. The summed E-state index contributed by atoms with van der Waals surface area (Å²) in [4.78, 5) is 62.6. The maximum atomic E-state index is 16.0. The van der Waals surface area contributed by atoms with Crippen molar-refractivity contribution in [3.05, 3.63) is 89.8 Å². The number of halogens is 8. The van der Waals surface area contributed by atoms with Gasteiger partial charge in [0, 0.05) is 74.4 Å². The molecule has 3 saturated heterocycles. The largest absolute Gasteiger partial charge is 0.453 e. The molecule has 3 aliphatic rings. The van der Waals surface area contributed by atoms with Crippen LogP contribution in [0.1, 0.15) is 51.7 Å². The molecule has 0 spiro atoms. The number of fused-ring (bicyclic) bond motifs is 2. The number of aliphatic hydroxyl groups excluding tert-OH is 1. The first kappa shape index (κ1) is 58.1. The minimum atomic E-state index is -5.18. The highest BCUT2D eigenvalue weighted by Gasteiger charge is 2.57. The Morgan fingerprint density at radius 2 is 1.31 bits per heavy atom. The molecule has 2 unspecified atom stereocenters. The zero-order valence-electron chi connectivity index (χ0n) is 43.3. The molecule has 4 aromatic rings. The van der Waals surface area contributed by atoms with Crippen LogP contribution in [0.3, 0.4) is 0 Å². The van der Waals surface area contributed by atoms with E-state index in [1.54, 1.807) is 37.5 Å². The minimum Gasteiger partial charge on any atom is -0.453 e. The van der Waals surface area contributed by atoms with E-state index in [-0.39, 0.29) is 11.3 Å². The number of aryl methyl sites for hydroxylation is 1. The number of piperazine rings is 1. The lowest BCUT2D eigenvalue weighted by Gasteiger charge is -2.48. The summed E-state index contributed by atoms with van der Waals surface area (Å²) in [5.41, 5.74) is -2.82. The van der Waals surface area contributed by atoms with E-state index in [0.717, 1.165) is 76.9 Å². The van der Waals surface area contributed by atoms with Gasteiger partial charge in [-0.05, 0) is 88.4 Å². The summed E-state index contributed by atoms with van der Waals surface area (Å²) in [7, 11) is 3.24. The fourth-order valence-corrected chi connectivity index (χ4v) is 9.71. The number of methoxy groups -OCH3 is 2. The highest BCUT2D eigenvalue weighted by molar-refractivity contribution is 5.87. The summed E-state index contributed by atoms with van der Waals surface area (Å²) in [5.74, 6) is -4.75. The van der Waals surface area contributed by atoms with Gasteiger partial charge >= 0.3 is 24.5 Å². The number of pyridine rings is 1. The lowest BCUT2D eigenvalue weighted by atomic mass is 9.82. The van der Waals surface area contributed by atoms with Crippen LogP contribution in [0.4, 0.5) is 50.5 Å². The summed E-state index contributed by atoms with van der Waals surface area (Å²) in [5, 5.41) is 23.0. The number of amides is 4. The van der Waals surface area contributed by atoms with Crippen molar-refractivity contribution in [2.24, 2.45) is 17.9 Å². The number of alkyl halides is 6. The Morgan fingerprint density at radius 1 is 0.766 bits per heavy atom. The number of anilines is 1. The van der Waals surface area contributed by atoms with E-state index in [4.69, 9.17) is 9.72 Å². The number of aliphatic hydroxyl groups is 1. The Labute approximate surface area is 438 Å². The summed E-state index contributed by atoms with van der Waals surface area (Å²) in [6, 6.07) is 8.29. The molecule has 2 bridgehead atoms. The molecule has 7 rings (SSSR count). The third-order valence-corrected chi connectivity index (χ3v) is 14.7. The highest BCUT2D eigenvalue weighted by Crippen LogP contribution is 2.42. The maximum Gasteiger partial charge on any atom is 0.407 e. The number of alkyl carbamates (subject to hydrolysis) is 2. The Morgan fingerprint density at radius 3 is 1.78 bits per heavy atom. The van der Waals surface area contributed by atoms with Crippen molar-refractivity contribution >= 4 is 29.8 Å². The van der Waals surface area contributed by atoms with E-state index in [2.05, 4.69) is 35.1 Å². The number of ether oxygens (including phenoxy) is 3. The summed E-state index contributed by atoms with van der Waals surface area (Å²) in [6.07, 6.45) is -10.3. The van der Waals surface area contributed by atoms with Crippen LogP contribution in [0.25, 0.3) is 22.4 Å². The first-order valence-electron chi connectivity index (χ1n) is 24.6. The molecule has 2 aromatic heterocycles. The minimum absolute atomic E-state index is 0.0238. The molecular formula is C51H62F8N10O8. The lowest BCUT2D eigenvalue weighted by Crippen LogP contribution is -2.63. The lowest BCUT2D eigenvalue weighted by molar-refractivity contribution is -0.221. The van der Waals surface area contributed by atoms with Gasteiger partial charge in [0.1, 0.15) is 29.5 Å². The van der Waals surface area contributed by atoms with Crippen molar-refractivity contribution in [3.8, 4) is 22.4 Å². The molecule has 0 radical (unpaired) electrons. The zero-order chi connectivity index (χ0) is 56.4. The molecule has 6 atom stereocenters. The standard InChI is InChI=1S/C51H62F8N10O8/c1-48(2,50(54,55)56)42(62-46(73)75-6)44(71)61-39(18-28-8-10-29(11-9-28)30-12-15-41(60-21-30)67-22-32-13-14-33(23-67)69(32)34-26-77-27-34)40(70)25-68(65-45(72)43(63-47(74)76-7)49(3,4)51(57,58)59)24-35-36(52)19-31(20-37(35)53)38-16-17-66(5)64-38/h8-12,15-17,19-21,32-34,39-40,42-43,70H,13-14,18,22-27H2,1-7H3,(H,61,71)(H,62,73)(H,63,74)(H,65,72)/t32?,33?,39-,40-,42+,43+/m0/s1. The van der Waals surface area contributed by atoms with Gasteiger partial charge in [0.05, 0.1) is 62.1 Å². The van der Waals surface area contributed by atoms with Gasteiger partial charge in [0.2, 0.25) is 5.91 Å². The number of hydrazine groups is 1. The quantitative estimate of drug-likeness (QED) is 0.0539. The molecule has 3 fully saturated rings. The number of benzene rings is 2. The van der Waals surface area contributed by atoms with Crippen LogP contribution in [0.15, 0.2) is 67.0 Å². The number of carbonyl (C=O) groups is 4. The Kier molecular flexibility index (Phi) is 17.4. The smallest absolute Gasteiger partial charge is 0.407 e. The molecule has 0 aliphatic carbocycles. The van der Waals surface area contributed by atoms with Crippen LogP contribution < -0.4 is 26.3 Å². The Bertz CT molecular complexity index is 2700. The molecule has 5 N–H and O–H groups in total. The summed E-state index contributed by atoms with van der Waals surface area (Å²) in [6.45, 7) is 3.53. The molecule has 420 valence electrons. The van der Waals surface area contributed by atoms with E-state index in [9.17, 15) is 50.6 Å². The average Bonchev–Trinajstić information content (AvgIpc) is 3.93. The van der Waals surface area contributed by atoms with Crippen molar-refractivity contribution in [1.29, 1.82) is 0 Å². The van der Waals surface area contributed by atoms with E-state index >= 15 is 8.78 Å². The second-order valence-corrected chi connectivity index (χ2v) is 20.6. The van der Waals surface area contributed by atoms with Gasteiger partial charge in [-0.2, -0.15) is 31.4 Å². The molecule has 2 aromatic carbocycles. The molecule has 18 nitrogen and oxygen atoms in total. The predicted octanol–water partition coefficient (Wildman–Crippen LogP) is 6.03. The van der Waals surface area contributed by atoms with Crippen LogP contribution in [0.5, 0.6) is 0 Å². The molecule has 5 heterocycles. The van der Waals surface area contributed by atoms with Gasteiger partial charge in [-0.1, -0.05) is 24.3 Å². The summed E-state index contributed by atoms with van der Waals surface area (Å²) >= 11 is 0. The molecule has 77 heavy (non-hydrogen) atoms. The topological polar surface area (TPSA) is 205 Å². The summed E-state index contributed by atoms with van der Waals surface area (Å²) < 4.78 is 135. The predicted molar refractivity (Wildman–Crippen MR) is 262 cm³/mol. The fourth-order valence-electron chi connectivity index (χ4n) is 9.71. The van der Waals surface area contributed by atoms with Crippen LogP contribution in [-0.4, -0.2) is 156 Å². The first-order valence-corrected chi connectivity index (χ1v) is 24.6. The molecular weight excluding hydrogens is 1030 g/mol. The van der Waals surface area contributed by atoms with E-state index in [0.29, 0.717) is 62.0 Å². The number of carbonyl (C=O) groups excluding carboxylic acids is 4. The number of nitrogens with zero attached hydrogens (tertiary/aromatic N) is 6. The average molecular weight is 1100 g/mol. The van der Waals surface area contributed by atoms with Crippen molar-refractivity contribution in [2.45, 2.75) is 108 Å². The number of hydrogen-bond acceptors (Lipinski definition) is 13. The number of hydrogen-bond donors (Lipinski definition) is 5. The van der Waals surface area contributed by atoms with Gasteiger partial charge in [0.15, 0.2) is 0 Å². The van der Waals surface area contributed by atoms with Crippen molar-refractivity contribution in [2.75, 3.05) is 52.0 Å². The van der Waals surface area contributed by atoms with Gasteiger partial charge in [-0.15, -0.1) is 0 Å². The van der Waals surface area contributed by atoms with Crippen LogP contribution >= 0.6 is 0 Å². The number of aromatic nitrogens is 3. The van der Waals surface area contributed by atoms with Crippen LogP contribution in [0.2, 0.25) is 0 Å². The SMILES string of the molecule is COC(=O)N[C@H](C(=O)N[C@@H](Cc1ccc(-c2ccc(N3CC4CCC(C3)N4C3COC3)nc2)cc1)[C@@H](O)CN(Cc1c(F)cc(-c2ccn(C)n2)cc1F)NC(=O)[C@@H](NC(=O)OC)C(C)(C)C(F)(F)F)C(C)(C)C(F)(F)F. The van der Waals surface area contributed by atoms with Crippen molar-refractivity contribution in [3.63, 3.8) is 0 Å². The van der Waals surface area contributed by atoms with Gasteiger partial charge in [0.25, 0.3) is 5.91 Å². The molecule has 4 amide bonds. The second-order valence-electron chi connectivity index (χ2n) is 20.6. The van der Waals surface area contributed by atoms with Crippen LogP contribution in [-0.2, 0) is 43.8 Å². The Hall–Kier alpha value is -6.64. The van der Waals surface area contributed by atoms with Gasteiger partial charge in [-0.3, -0.25) is 24.6 Å². The van der Waals surface area contributed by atoms with Gasteiger partial charge in [-0.25, -0.2) is 28.4 Å². The fraction of sp³-hybridized carbons (Fsp3) is 0.529. The number of rotatable bonds is 19. The molecule has 3 aliphatic heterocycles. The number of nitrogens with one attached hydrogen (secondary N) is 4. The second kappa shape index (κ2) is 23.1. The molecule has 0 saturated carbocycles. The normalized spacial score (nSPS) is 18.9. The van der Waals surface area contributed by atoms with E-state index in [1.807, 2.05) is 22.8 Å². The Balaban J connectivity index is 1.20. The first-order chi connectivity index (χ1) is 36.1. The van der Waals surface area contributed by atoms with E-state index < -0.39 is 108 Å². The monoisotopic (exact) mass is 1090 g/mol. The van der Waals surface area contributed by atoms with E-state index in [1.165, 1.54) is 16.9 Å². The maximum absolute atomic E-state index is 16.0. The zero-order valence-corrected chi connectivity index (χ0v) is 43.3. The third kappa shape index (κ3) is 13.0. The van der Waals surface area contributed by atoms with Gasteiger partial charge < -0.3 is 40.2 Å². The van der Waals surface area contributed by atoms with Crippen LogP contribution in [0, 0.1) is 22.5 Å². The van der Waals surface area contributed by atoms with Crippen molar-refractivity contribution in [1.82, 2.24) is 46.0 Å². The molecule has 26 heteroatoms.